The molecule has 2 nitrogen and oxygen atoms in total. The molecule has 0 radical (unpaired) electrons. The zero-order valence-electron chi connectivity index (χ0n) is 10.0. The van der Waals surface area contributed by atoms with Crippen molar-refractivity contribution in [3.8, 4) is 0 Å². The topological polar surface area (TPSA) is 29.3 Å². The van der Waals surface area contributed by atoms with Crippen molar-refractivity contribution >= 4 is 18.1 Å². The average molecular weight is 241 g/mol. The number of nitrogens with two attached hydrogens (primary N) is 1. The van der Waals surface area contributed by atoms with Gasteiger partial charge in [-0.25, -0.2) is 0 Å². The molecule has 1 aromatic carbocycles. The van der Waals surface area contributed by atoms with E-state index in [9.17, 15) is 0 Å². The molecule has 2 atom stereocenters. The zero-order valence-corrected chi connectivity index (χ0v) is 10.8. The number of nitrogen functional groups attached to an aromatic ring is 1. The van der Waals surface area contributed by atoms with Gasteiger partial charge in [0.25, 0.3) is 0 Å². The highest BCUT2D eigenvalue weighted by Crippen LogP contribution is 2.23. The predicted molar refractivity (Wildman–Crippen MR) is 71.7 cm³/mol. The number of benzene rings is 1. The van der Waals surface area contributed by atoms with Crippen LogP contribution in [0.5, 0.6) is 0 Å². The van der Waals surface area contributed by atoms with Gasteiger partial charge in [0.1, 0.15) is 0 Å². The fourth-order valence-corrected chi connectivity index (χ4v) is 2.33. The Morgan fingerprint density at radius 2 is 1.88 bits per heavy atom. The van der Waals surface area contributed by atoms with Gasteiger partial charge in [-0.05, 0) is 29.5 Å². The van der Waals surface area contributed by atoms with Crippen molar-refractivity contribution in [3.05, 3.63) is 29.8 Å². The molecule has 2 unspecified atom stereocenters. The number of hydrogen-bond donors (Lipinski definition) is 1. The maximum Gasteiger partial charge on any atom is 0.0317 e. The summed E-state index contributed by atoms with van der Waals surface area (Å²) in [4.78, 5) is 2.52. The van der Waals surface area contributed by atoms with E-state index in [1.54, 1.807) is 0 Å². The van der Waals surface area contributed by atoms with Gasteiger partial charge in [0.2, 0.25) is 0 Å². The largest absolute Gasteiger partial charge is 0.399 e. The molecule has 1 fully saturated rings. The smallest absolute Gasteiger partial charge is 0.0317 e. The van der Waals surface area contributed by atoms with E-state index < -0.39 is 0 Å². The first-order valence-electron chi connectivity index (χ1n) is 5.72. The van der Waals surface area contributed by atoms with Crippen molar-refractivity contribution in [1.82, 2.24) is 4.90 Å². The first kappa shape index (κ1) is 13.3. The highest BCUT2D eigenvalue weighted by molar-refractivity contribution is 5.85. The molecule has 0 saturated carbocycles. The van der Waals surface area contributed by atoms with Crippen LogP contribution in [-0.4, -0.2) is 18.0 Å². The molecule has 0 aromatic heterocycles. The molecule has 0 spiro atoms. The lowest BCUT2D eigenvalue weighted by atomic mass is 10.0. The molecule has 1 aliphatic rings. The third-order valence-electron chi connectivity index (χ3n) is 3.42. The van der Waals surface area contributed by atoms with Crippen molar-refractivity contribution < 1.29 is 0 Å². The van der Waals surface area contributed by atoms with Gasteiger partial charge in [0, 0.05) is 25.3 Å². The van der Waals surface area contributed by atoms with Gasteiger partial charge >= 0.3 is 0 Å². The molecule has 0 bridgehead atoms. The second-order valence-corrected chi connectivity index (χ2v) is 4.89. The molecule has 2 rings (SSSR count). The molecule has 1 heterocycles. The van der Waals surface area contributed by atoms with Crippen LogP contribution in [0, 0.1) is 11.8 Å². The van der Waals surface area contributed by atoms with Crippen LogP contribution in [0.15, 0.2) is 24.3 Å². The summed E-state index contributed by atoms with van der Waals surface area (Å²) >= 11 is 0. The van der Waals surface area contributed by atoms with E-state index in [1.807, 2.05) is 12.1 Å². The van der Waals surface area contributed by atoms with Crippen LogP contribution < -0.4 is 5.73 Å². The first-order valence-corrected chi connectivity index (χ1v) is 5.72. The highest BCUT2D eigenvalue weighted by atomic mass is 35.5. The summed E-state index contributed by atoms with van der Waals surface area (Å²) in [5.74, 6) is 1.65. The predicted octanol–water partition coefficient (Wildman–Crippen LogP) is 2.78. The van der Waals surface area contributed by atoms with E-state index in [0.29, 0.717) is 0 Å². The monoisotopic (exact) mass is 240 g/mol. The molecule has 2 N–H and O–H groups in total. The molecule has 1 aliphatic heterocycles. The van der Waals surface area contributed by atoms with E-state index in [1.165, 1.54) is 18.7 Å². The van der Waals surface area contributed by atoms with E-state index in [0.717, 1.165) is 24.1 Å². The SMILES string of the molecule is CC1CN(Cc2cccc(N)c2)CC1C.Cl. The van der Waals surface area contributed by atoms with Gasteiger partial charge in [-0.1, -0.05) is 26.0 Å². The van der Waals surface area contributed by atoms with Crippen LogP contribution in [0.4, 0.5) is 5.69 Å². The molecular formula is C13H21ClN2. The lowest BCUT2D eigenvalue weighted by Gasteiger charge is -2.15. The number of halogens is 1. The number of anilines is 1. The average Bonchev–Trinajstić information content (AvgIpc) is 2.45. The number of nitrogens with zero attached hydrogens (tertiary/aromatic N) is 1. The highest BCUT2D eigenvalue weighted by Gasteiger charge is 2.25. The van der Waals surface area contributed by atoms with Gasteiger partial charge in [-0.2, -0.15) is 0 Å². The molecule has 0 aliphatic carbocycles. The van der Waals surface area contributed by atoms with Crippen LogP contribution in [0.2, 0.25) is 0 Å². The summed E-state index contributed by atoms with van der Waals surface area (Å²) in [6.45, 7) is 8.15. The summed E-state index contributed by atoms with van der Waals surface area (Å²) < 4.78 is 0. The van der Waals surface area contributed by atoms with Crippen LogP contribution in [-0.2, 0) is 6.54 Å². The molecular weight excluding hydrogens is 220 g/mol. The molecule has 0 amide bonds. The third-order valence-corrected chi connectivity index (χ3v) is 3.42. The zero-order chi connectivity index (χ0) is 10.8. The summed E-state index contributed by atoms with van der Waals surface area (Å²) in [6, 6.07) is 8.21. The minimum Gasteiger partial charge on any atom is -0.399 e. The molecule has 1 aromatic rings. The second kappa shape index (κ2) is 5.55. The lowest BCUT2D eigenvalue weighted by molar-refractivity contribution is 0.316. The quantitative estimate of drug-likeness (QED) is 0.806. The minimum absolute atomic E-state index is 0. The van der Waals surface area contributed by atoms with Gasteiger partial charge in [0.05, 0.1) is 0 Å². The lowest BCUT2D eigenvalue weighted by Crippen LogP contribution is -2.20. The summed E-state index contributed by atoms with van der Waals surface area (Å²) in [5.41, 5.74) is 7.97. The number of hydrogen-bond acceptors (Lipinski definition) is 2. The summed E-state index contributed by atoms with van der Waals surface area (Å²) in [7, 11) is 0. The Balaban J connectivity index is 0.00000128. The fraction of sp³-hybridized carbons (Fsp3) is 0.538. The molecule has 3 heteroatoms. The Morgan fingerprint density at radius 1 is 1.25 bits per heavy atom. The maximum atomic E-state index is 5.77. The van der Waals surface area contributed by atoms with Crippen molar-refractivity contribution in [3.63, 3.8) is 0 Å². The van der Waals surface area contributed by atoms with E-state index in [4.69, 9.17) is 5.73 Å². The first-order chi connectivity index (χ1) is 7.15. The van der Waals surface area contributed by atoms with Crippen LogP contribution >= 0.6 is 12.4 Å². The molecule has 1 saturated heterocycles. The Morgan fingerprint density at radius 3 is 2.44 bits per heavy atom. The minimum atomic E-state index is 0. The van der Waals surface area contributed by atoms with Gasteiger partial charge < -0.3 is 5.73 Å². The Labute approximate surface area is 104 Å². The Kier molecular flexibility index (Phi) is 4.63. The van der Waals surface area contributed by atoms with Crippen molar-refractivity contribution in [2.24, 2.45) is 11.8 Å². The Hall–Kier alpha value is -0.730. The standard InChI is InChI=1S/C13H20N2.ClH/c1-10-7-15(8-11(10)2)9-12-4-3-5-13(14)6-12;/h3-6,10-11H,7-9,14H2,1-2H3;1H. The van der Waals surface area contributed by atoms with Crippen molar-refractivity contribution in [2.45, 2.75) is 20.4 Å². The summed E-state index contributed by atoms with van der Waals surface area (Å²) in [6.07, 6.45) is 0. The van der Waals surface area contributed by atoms with E-state index in [2.05, 4.69) is 30.9 Å². The number of rotatable bonds is 2. The van der Waals surface area contributed by atoms with Crippen LogP contribution in [0.1, 0.15) is 19.4 Å². The Bertz CT molecular complexity index is 330. The number of likely N-dealkylation sites (tertiary alicyclic amines) is 1. The normalized spacial score (nSPS) is 25.4. The second-order valence-electron chi connectivity index (χ2n) is 4.89. The fourth-order valence-electron chi connectivity index (χ4n) is 2.33. The van der Waals surface area contributed by atoms with E-state index >= 15 is 0 Å². The van der Waals surface area contributed by atoms with Gasteiger partial charge in [-0.15, -0.1) is 12.4 Å². The molecule has 90 valence electrons. The van der Waals surface area contributed by atoms with Gasteiger partial charge in [-0.3, -0.25) is 4.90 Å². The van der Waals surface area contributed by atoms with Crippen molar-refractivity contribution in [2.75, 3.05) is 18.8 Å². The van der Waals surface area contributed by atoms with Crippen LogP contribution in [0.3, 0.4) is 0 Å². The van der Waals surface area contributed by atoms with Gasteiger partial charge in [0.15, 0.2) is 0 Å². The third kappa shape index (κ3) is 3.13. The van der Waals surface area contributed by atoms with Crippen LogP contribution in [0.25, 0.3) is 0 Å². The van der Waals surface area contributed by atoms with Crippen molar-refractivity contribution in [1.29, 1.82) is 0 Å². The maximum absolute atomic E-state index is 5.77. The molecule has 16 heavy (non-hydrogen) atoms. The van der Waals surface area contributed by atoms with E-state index in [-0.39, 0.29) is 12.4 Å². The summed E-state index contributed by atoms with van der Waals surface area (Å²) in [5, 5.41) is 0.